The fourth-order valence-corrected chi connectivity index (χ4v) is 3.70. The second-order valence-electron chi connectivity index (χ2n) is 5.03. The fraction of sp³-hybridized carbons (Fsp3) is 0.462. The molecule has 1 aliphatic rings. The molecule has 0 aliphatic carbocycles. The highest BCUT2D eigenvalue weighted by Gasteiger charge is 2.54. The summed E-state index contributed by atoms with van der Waals surface area (Å²) < 4.78 is 30.8. The minimum Gasteiger partial charge on any atom is -0.465 e. The number of aryl methyl sites for hydroxylation is 1. The highest BCUT2D eigenvalue weighted by Crippen LogP contribution is 2.32. The van der Waals surface area contributed by atoms with E-state index in [4.69, 9.17) is 10.3 Å². The van der Waals surface area contributed by atoms with Gasteiger partial charge in [-0.25, -0.2) is 8.42 Å². The summed E-state index contributed by atoms with van der Waals surface area (Å²) in [5.41, 5.74) is 8.08. The molecule has 1 fully saturated rings. The zero-order valence-corrected chi connectivity index (χ0v) is 13.1. The first-order chi connectivity index (χ1) is 10.4. The molecule has 0 N–H and O–H groups in total. The zero-order valence-electron chi connectivity index (χ0n) is 12.3. The maximum absolute atomic E-state index is 12.4. The summed E-state index contributed by atoms with van der Waals surface area (Å²) in [5.74, 6) is -0.705. The second-order valence-corrected chi connectivity index (χ2v) is 6.97. The number of carbonyl (C=O) groups is 1. The average molecular weight is 324 g/mol. The third-order valence-electron chi connectivity index (χ3n) is 3.43. The molecule has 0 spiro atoms. The molecule has 1 aromatic carbocycles. The summed E-state index contributed by atoms with van der Waals surface area (Å²) in [5, 5.41) is 3.45. The number of benzene rings is 1. The molecule has 0 unspecified atom stereocenters. The molecule has 2 rings (SSSR count). The third kappa shape index (κ3) is 2.78. The number of ether oxygens (including phenoxy) is 1. The van der Waals surface area contributed by atoms with Crippen molar-refractivity contribution in [2.24, 2.45) is 5.11 Å². The molecule has 1 saturated heterocycles. The van der Waals surface area contributed by atoms with Crippen LogP contribution in [0.1, 0.15) is 12.5 Å². The normalized spacial score (nSPS) is 17.2. The topological polar surface area (TPSA) is 112 Å². The number of hydrogen-bond donors (Lipinski definition) is 0. The molecule has 118 valence electrons. The second kappa shape index (κ2) is 5.96. The summed E-state index contributed by atoms with van der Waals surface area (Å²) in [7, 11) is -3.71. The SMILES string of the molecule is CCOC(=O)C1(N=[N+]=[N-])CN(S(=O)(=O)c2ccc(C)cc2)C1. The van der Waals surface area contributed by atoms with E-state index in [9.17, 15) is 13.2 Å². The van der Waals surface area contributed by atoms with E-state index in [1.807, 2.05) is 6.92 Å². The van der Waals surface area contributed by atoms with Gasteiger partial charge in [-0.1, -0.05) is 22.8 Å². The van der Waals surface area contributed by atoms with Crippen LogP contribution in [0.5, 0.6) is 0 Å². The number of nitrogens with zero attached hydrogens (tertiary/aromatic N) is 4. The van der Waals surface area contributed by atoms with Crippen LogP contribution < -0.4 is 0 Å². The molecule has 1 aliphatic heterocycles. The van der Waals surface area contributed by atoms with Crippen molar-refractivity contribution in [1.29, 1.82) is 0 Å². The Kier molecular flexibility index (Phi) is 4.41. The first-order valence-electron chi connectivity index (χ1n) is 6.66. The van der Waals surface area contributed by atoms with Crippen molar-refractivity contribution in [3.05, 3.63) is 40.3 Å². The first kappa shape index (κ1) is 16.3. The van der Waals surface area contributed by atoms with Crippen molar-refractivity contribution in [2.45, 2.75) is 24.3 Å². The van der Waals surface area contributed by atoms with Crippen molar-refractivity contribution in [2.75, 3.05) is 19.7 Å². The quantitative estimate of drug-likeness (QED) is 0.354. The lowest BCUT2D eigenvalue weighted by molar-refractivity contribution is -0.153. The van der Waals surface area contributed by atoms with E-state index in [0.29, 0.717) is 0 Å². The molecule has 0 amide bonds. The number of rotatable bonds is 5. The summed E-state index contributed by atoms with van der Waals surface area (Å²) in [6.45, 7) is 3.18. The molecular formula is C13H16N4O4S. The van der Waals surface area contributed by atoms with E-state index in [1.165, 1.54) is 12.1 Å². The number of hydrogen-bond acceptors (Lipinski definition) is 5. The van der Waals surface area contributed by atoms with Crippen molar-refractivity contribution < 1.29 is 17.9 Å². The van der Waals surface area contributed by atoms with Gasteiger partial charge in [-0.15, -0.1) is 0 Å². The molecule has 1 aromatic rings. The van der Waals surface area contributed by atoms with Gasteiger partial charge in [0.15, 0.2) is 5.54 Å². The monoisotopic (exact) mass is 324 g/mol. The molecule has 0 atom stereocenters. The molecule has 8 nitrogen and oxygen atoms in total. The van der Waals surface area contributed by atoms with Crippen LogP contribution in [0, 0.1) is 6.92 Å². The molecule has 0 saturated carbocycles. The largest absolute Gasteiger partial charge is 0.465 e. The van der Waals surface area contributed by atoms with Crippen LogP contribution in [0.3, 0.4) is 0 Å². The number of esters is 1. The lowest BCUT2D eigenvalue weighted by Gasteiger charge is -2.43. The smallest absolute Gasteiger partial charge is 0.320 e. The Hall–Kier alpha value is -2.09. The summed E-state index contributed by atoms with van der Waals surface area (Å²) in [4.78, 5) is 14.7. The standard InChI is InChI=1S/C13H16N4O4S/c1-3-21-12(18)13(15-16-14)8-17(9-13)22(19,20)11-6-4-10(2)5-7-11/h4-7H,3,8-9H2,1-2H3. The van der Waals surface area contributed by atoms with E-state index in [0.717, 1.165) is 9.87 Å². The van der Waals surface area contributed by atoms with Gasteiger partial charge in [0.2, 0.25) is 10.0 Å². The van der Waals surface area contributed by atoms with Crippen molar-refractivity contribution >= 4 is 16.0 Å². The maximum atomic E-state index is 12.4. The van der Waals surface area contributed by atoms with E-state index < -0.39 is 21.5 Å². The Morgan fingerprint density at radius 2 is 2.00 bits per heavy atom. The lowest BCUT2D eigenvalue weighted by atomic mass is 9.94. The molecule has 0 radical (unpaired) electrons. The van der Waals surface area contributed by atoms with Gasteiger partial charge in [0.05, 0.1) is 11.5 Å². The number of azide groups is 1. The van der Waals surface area contributed by atoms with Crippen molar-refractivity contribution in [3.63, 3.8) is 0 Å². The van der Waals surface area contributed by atoms with E-state index in [1.54, 1.807) is 19.1 Å². The number of sulfonamides is 1. The third-order valence-corrected chi connectivity index (χ3v) is 5.23. The van der Waals surface area contributed by atoms with Crippen molar-refractivity contribution in [1.82, 2.24) is 4.31 Å². The Morgan fingerprint density at radius 1 is 1.41 bits per heavy atom. The Bertz CT molecular complexity index is 717. The van der Waals surface area contributed by atoms with Crippen LogP contribution in [0.15, 0.2) is 34.3 Å². The Balaban J connectivity index is 2.22. The molecule has 0 bridgehead atoms. The van der Waals surface area contributed by atoms with Gasteiger partial charge in [-0.05, 0) is 31.5 Å². The van der Waals surface area contributed by atoms with Gasteiger partial charge in [-0.3, -0.25) is 4.79 Å². The zero-order chi connectivity index (χ0) is 16.4. The molecule has 22 heavy (non-hydrogen) atoms. The lowest BCUT2D eigenvalue weighted by Crippen LogP contribution is -2.66. The van der Waals surface area contributed by atoms with Gasteiger partial charge >= 0.3 is 5.97 Å². The highest BCUT2D eigenvalue weighted by atomic mass is 32.2. The van der Waals surface area contributed by atoms with Crippen LogP contribution in [-0.4, -0.2) is 43.9 Å². The van der Waals surface area contributed by atoms with Crippen LogP contribution in [0.4, 0.5) is 0 Å². The summed E-state index contributed by atoms with van der Waals surface area (Å²) in [6, 6.07) is 6.39. The maximum Gasteiger partial charge on any atom is 0.320 e. The van der Waals surface area contributed by atoms with Gasteiger partial charge in [0, 0.05) is 18.0 Å². The fourth-order valence-electron chi connectivity index (χ4n) is 2.15. The highest BCUT2D eigenvalue weighted by molar-refractivity contribution is 7.89. The van der Waals surface area contributed by atoms with Gasteiger partial charge < -0.3 is 4.74 Å². The Morgan fingerprint density at radius 3 is 2.50 bits per heavy atom. The van der Waals surface area contributed by atoms with Crippen LogP contribution >= 0.6 is 0 Å². The van der Waals surface area contributed by atoms with E-state index in [2.05, 4.69) is 10.0 Å². The van der Waals surface area contributed by atoms with Crippen LogP contribution in [0.2, 0.25) is 0 Å². The summed E-state index contributed by atoms with van der Waals surface area (Å²) >= 11 is 0. The first-order valence-corrected chi connectivity index (χ1v) is 8.10. The van der Waals surface area contributed by atoms with Crippen molar-refractivity contribution in [3.8, 4) is 0 Å². The summed E-state index contributed by atoms with van der Waals surface area (Å²) in [6.07, 6.45) is 0. The Labute approximate surface area is 128 Å². The predicted octanol–water partition coefficient (Wildman–Crippen LogP) is 1.61. The van der Waals surface area contributed by atoms with Gasteiger partial charge in [0.1, 0.15) is 0 Å². The number of carbonyl (C=O) groups excluding carboxylic acids is 1. The minimum absolute atomic E-state index is 0.131. The minimum atomic E-state index is -3.71. The van der Waals surface area contributed by atoms with E-state index >= 15 is 0 Å². The van der Waals surface area contributed by atoms with Crippen LogP contribution in [-0.2, 0) is 19.6 Å². The predicted molar refractivity (Wildman–Crippen MR) is 78.4 cm³/mol. The van der Waals surface area contributed by atoms with Gasteiger partial charge in [0.25, 0.3) is 0 Å². The molecule has 0 aromatic heterocycles. The van der Waals surface area contributed by atoms with Gasteiger partial charge in [-0.2, -0.15) is 4.31 Å². The van der Waals surface area contributed by atoms with E-state index in [-0.39, 0.29) is 24.6 Å². The molecule has 1 heterocycles. The average Bonchev–Trinajstić information content (AvgIpc) is 2.42. The van der Waals surface area contributed by atoms with Crippen LogP contribution in [0.25, 0.3) is 10.4 Å². The molecular weight excluding hydrogens is 308 g/mol. The molecule has 9 heteroatoms.